The monoisotopic (exact) mass is 376 g/mol. The molecule has 0 bridgehead atoms. The van der Waals surface area contributed by atoms with Crippen LogP contribution in [0.3, 0.4) is 0 Å². The Morgan fingerprint density at radius 3 is 2.73 bits per heavy atom. The second-order valence-corrected chi connectivity index (χ2v) is 8.24. The Morgan fingerprint density at radius 1 is 1.38 bits per heavy atom. The van der Waals surface area contributed by atoms with E-state index < -0.39 is 17.5 Å². The first-order chi connectivity index (χ1) is 12.4. The lowest BCUT2D eigenvalue weighted by atomic mass is 9.77. The van der Waals surface area contributed by atoms with E-state index in [0.717, 1.165) is 28.5 Å². The number of aromatic nitrogens is 1. The van der Waals surface area contributed by atoms with Crippen LogP contribution in [-0.2, 0) is 9.59 Å². The first kappa shape index (κ1) is 18.7. The zero-order valence-electron chi connectivity index (χ0n) is 15.1. The highest BCUT2D eigenvalue weighted by molar-refractivity contribution is 7.99. The number of rotatable bonds is 5. The SMILES string of the molecule is CCSc1ccc(NC(=O)CN2C(=O)NC3(CCC(C)CC3)C2=O)cn1. The molecule has 2 heterocycles. The number of hydrogen-bond donors (Lipinski definition) is 2. The molecule has 0 unspecified atom stereocenters. The van der Waals surface area contributed by atoms with Gasteiger partial charge in [-0.25, -0.2) is 9.78 Å². The number of nitrogens with one attached hydrogen (secondary N) is 2. The normalized spacial score (nSPS) is 25.5. The van der Waals surface area contributed by atoms with Gasteiger partial charge in [-0.1, -0.05) is 13.8 Å². The summed E-state index contributed by atoms with van der Waals surface area (Å²) in [4.78, 5) is 42.5. The molecule has 2 N–H and O–H groups in total. The Balaban J connectivity index is 1.60. The lowest BCUT2D eigenvalue weighted by molar-refractivity contribution is -0.135. The molecule has 1 aliphatic carbocycles. The van der Waals surface area contributed by atoms with E-state index in [9.17, 15) is 14.4 Å². The molecule has 7 nitrogen and oxygen atoms in total. The summed E-state index contributed by atoms with van der Waals surface area (Å²) in [6, 6.07) is 3.11. The minimum absolute atomic E-state index is 0.280. The fourth-order valence-corrected chi connectivity index (χ4v) is 4.03. The highest BCUT2D eigenvalue weighted by atomic mass is 32.2. The van der Waals surface area contributed by atoms with Crippen LogP contribution in [0.15, 0.2) is 23.4 Å². The molecule has 1 aliphatic heterocycles. The van der Waals surface area contributed by atoms with Crippen molar-refractivity contribution < 1.29 is 14.4 Å². The Morgan fingerprint density at radius 2 is 2.12 bits per heavy atom. The van der Waals surface area contributed by atoms with E-state index in [1.54, 1.807) is 24.0 Å². The third-order valence-electron chi connectivity index (χ3n) is 4.99. The number of imide groups is 1. The third-order valence-corrected chi connectivity index (χ3v) is 5.81. The average molecular weight is 376 g/mol. The quantitative estimate of drug-likeness (QED) is 0.609. The molecule has 0 atom stereocenters. The van der Waals surface area contributed by atoms with Gasteiger partial charge in [0, 0.05) is 0 Å². The molecule has 2 aliphatic rings. The van der Waals surface area contributed by atoms with Crippen molar-refractivity contribution in [1.82, 2.24) is 15.2 Å². The number of thioether (sulfide) groups is 1. The molecule has 3 rings (SSSR count). The van der Waals surface area contributed by atoms with Crippen molar-refractivity contribution in [2.24, 2.45) is 5.92 Å². The highest BCUT2D eigenvalue weighted by Crippen LogP contribution is 2.36. The molecule has 1 saturated carbocycles. The van der Waals surface area contributed by atoms with Gasteiger partial charge in [0.25, 0.3) is 5.91 Å². The number of pyridine rings is 1. The molecule has 1 aromatic heterocycles. The second-order valence-electron chi connectivity index (χ2n) is 6.95. The van der Waals surface area contributed by atoms with Crippen LogP contribution < -0.4 is 10.6 Å². The number of urea groups is 1. The maximum Gasteiger partial charge on any atom is 0.325 e. The summed E-state index contributed by atoms with van der Waals surface area (Å²) in [6.07, 6.45) is 4.65. The summed E-state index contributed by atoms with van der Waals surface area (Å²) in [7, 11) is 0. The molecule has 26 heavy (non-hydrogen) atoms. The molecular weight excluding hydrogens is 352 g/mol. The van der Waals surface area contributed by atoms with E-state index in [1.165, 1.54) is 0 Å². The van der Waals surface area contributed by atoms with Crippen LogP contribution in [0, 0.1) is 5.92 Å². The van der Waals surface area contributed by atoms with Crippen molar-refractivity contribution in [1.29, 1.82) is 0 Å². The van der Waals surface area contributed by atoms with Gasteiger partial charge in [-0.05, 0) is 49.5 Å². The fraction of sp³-hybridized carbons (Fsp3) is 0.556. The van der Waals surface area contributed by atoms with Gasteiger partial charge in [0.05, 0.1) is 16.9 Å². The van der Waals surface area contributed by atoms with Crippen LogP contribution in [0.1, 0.15) is 39.5 Å². The van der Waals surface area contributed by atoms with Crippen LogP contribution in [0.5, 0.6) is 0 Å². The minimum Gasteiger partial charge on any atom is -0.323 e. The van der Waals surface area contributed by atoms with Gasteiger partial charge in [0.1, 0.15) is 12.1 Å². The van der Waals surface area contributed by atoms with Gasteiger partial charge in [0.15, 0.2) is 0 Å². The summed E-state index contributed by atoms with van der Waals surface area (Å²) in [5, 5.41) is 6.40. The number of nitrogens with zero attached hydrogens (tertiary/aromatic N) is 2. The van der Waals surface area contributed by atoms with Crippen LogP contribution in [-0.4, -0.2) is 45.6 Å². The molecular formula is C18H24N4O3S. The zero-order chi connectivity index (χ0) is 18.7. The standard InChI is InChI=1S/C18H24N4O3S/c1-3-26-15-5-4-13(10-19-15)20-14(23)11-22-16(24)18(21-17(22)25)8-6-12(2)7-9-18/h4-5,10,12H,3,6-9,11H2,1-2H3,(H,20,23)(H,21,25). The minimum atomic E-state index is -0.815. The topological polar surface area (TPSA) is 91.4 Å². The highest BCUT2D eigenvalue weighted by Gasteiger charge is 2.52. The molecule has 4 amide bonds. The van der Waals surface area contributed by atoms with Crippen molar-refractivity contribution in [3.8, 4) is 0 Å². The smallest absolute Gasteiger partial charge is 0.323 e. The van der Waals surface area contributed by atoms with Gasteiger partial charge < -0.3 is 10.6 Å². The van der Waals surface area contributed by atoms with Crippen molar-refractivity contribution in [2.75, 3.05) is 17.6 Å². The third kappa shape index (κ3) is 3.85. The second kappa shape index (κ2) is 7.65. The Bertz CT molecular complexity index is 699. The van der Waals surface area contributed by atoms with Crippen LogP contribution in [0.2, 0.25) is 0 Å². The average Bonchev–Trinajstić information content (AvgIpc) is 2.84. The first-order valence-electron chi connectivity index (χ1n) is 8.96. The van der Waals surface area contributed by atoms with Gasteiger partial charge in [-0.3, -0.25) is 14.5 Å². The van der Waals surface area contributed by atoms with Crippen molar-refractivity contribution in [2.45, 2.75) is 50.1 Å². The summed E-state index contributed by atoms with van der Waals surface area (Å²) >= 11 is 1.61. The summed E-state index contributed by atoms with van der Waals surface area (Å²) in [5.74, 6) is 0.791. The van der Waals surface area contributed by atoms with E-state index in [-0.39, 0.29) is 12.5 Å². The number of carbonyl (C=O) groups is 3. The van der Waals surface area contributed by atoms with Crippen molar-refractivity contribution in [3.05, 3.63) is 18.3 Å². The van der Waals surface area contributed by atoms with Gasteiger partial charge >= 0.3 is 6.03 Å². The predicted molar refractivity (Wildman–Crippen MR) is 99.9 cm³/mol. The Kier molecular flexibility index (Phi) is 5.50. The van der Waals surface area contributed by atoms with Gasteiger partial charge in [0.2, 0.25) is 5.91 Å². The van der Waals surface area contributed by atoms with E-state index in [1.807, 2.05) is 13.0 Å². The molecule has 140 valence electrons. The zero-order valence-corrected chi connectivity index (χ0v) is 15.9. The van der Waals surface area contributed by atoms with Crippen LogP contribution in [0.4, 0.5) is 10.5 Å². The van der Waals surface area contributed by atoms with Crippen LogP contribution in [0.25, 0.3) is 0 Å². The number of anilines is 1. The maximum atomic E-state index is 12.8. The first-order valence-corrected chi connectivity index (χ1v) is 9.95. The number of hydrogen-bond acceptors (Lipinski definition) is 5. The summed E-state index contributed by atoms with van der Waals surface area (Å²) < 4.78 is 0. The maximum absolute atomic E-state index is 12.8. The van der Waals surface area contributed by atoms with Crippen molar-refractivity contribution >= 4 is 35.3 Å². The lowest BCUT2D eigenvalue weighted by Crippen LogP contribution is -2.49. The van der Waals surface area contributed by atoms with E-state index >= 15 is 0 Å². The molecule has 1 spiro atoms. The van der Waals surface area contributed by atoms with E-state index in [0.29, 0.717) is 24.4 Å². The van der Waals surface area contributed by atoms with Gasteiger partial charge in [-0.15, -0.1) is 11.8 Å². The molecule has 8 heteroatoms. The van der Waals surface area contributed by atoms with E-state index in [4.69, 9.17) is 0 Å². The molecule has 1 aromatic rings. The molecule has 0 aromatic carbocycles. The number of carbonyl (C=O) groups excluding carboxylic acids is 3. The lowest BCUT2D eigenvalue weighted by Gasteiger charge is -2.33. The largest absolute Gasteiger partial charge is 0.325 e. The Hall–Kier alpha value is -2.09. The number of amides is 4. The van der Waals surface area contributed by atoms with Crippen molar-refractivity contribution in [3.63, 3.8) is 0 Å². The Labute approximate surface area is 157 Å². The fourth-order valence-electron chi connectivity index (χ4n) is 3.45. The molecule has 1 saturated heterocycles. The van der Waals surface area contributed by atoms with Crippen LogP contribution >= 0.6 is 11.8 Å². The molecule has 2 fully saturated rings. The summed E-state index contributed by atoms with van der Waals surface area (Å²) in [6.45, 7) is 3.91. The predicted octanol–water partition coefficient (Wildman–Crippen LogP) is 2.63. The summed E-state index contributed by atoms with van der Waals surface area (Å²) in [5.41, 5.74) is -0.270. The van der Waals surface area contributed by atoms with E-state index in [2.05, 4.69) is 22.5 Å². The van der Waals surface area contributed by atoms with Gasteiger partial charge in [-0.2, -0.15) is 0 Å². The molecule has 0 radical (unpaired) electrons.